The number of ether oxygens (including phenoxy) is 1. The molecule has 1 aromatic rings. The van der Waals surface area contributed by atoms with Gasteiger partial charge in [-0.3, -0.25) is 4.79 Å². The highest BCUT2D eigenvalue weighted by molar-refractivity contribution is 9.10. The molecule has 1 aliphatic rings. The van der Waals surface area contributed by atoms with Crippen molar-refractivity contribution in [3.8, 4) is 0 Å². The van der Waals surface area contributed by atoms with Gasteiger partial charge < -0.3 is 10.1 Å². The van der Waals surface area contributed by atoms with Gasteiger partial charge in [0.25, 0.3) is 0 Å². The fourth-order valence-corrected chi connectivity index (χ4v) is 3.15. The van der Waals surface area contributed by atoms with Crippen molar-refractivity contribution in [2.75, 3.05) is 18.5 Å². The maximum absolute atomic E-state index is 12.0. The number of fused-ring (bicyclic) bond motifs is 1. The number of carbonyl (C=O) groups excluding carboxylic acids is 1. The zero-order chi connectivity index (χ0) is 15.8. The molecular weight excluding hydrogens is 334 g/mol. The van der Waals surface area contributed by atoms with E-state index in [9.17, 15) is 4.79 Å². The lowest BCUT2D eigenvalue weighted by molar-refractivity contribution is -0.149. The second-order valence-corrected chi connectivity index (χ2v) is 7.56. The van der Waals surface area contributed by atoms with Gasteiger partial charge in [0.15, 0.2) is 0 Å². The Labute approximate surface area is 134 Å². The summed E-state index contributed by atoms with van der Waals surface area (Å²) in [7, 11) is 0. The SMILES string of the molecule is CCOC(=O)C1CNc2c(Br)c(CC(C)(C)C)nn2C1C. The largest absolute Gasteiger partial charge is 0.466 e. The lowest BCUT2D eigenvalue weighted by Gasteiger charge is -2.29. The Morgan fingerprint density at radius 1 is 1.52 bits per heavy atom. The van der Waals surface area contributed by atoms with Crippen molar-refractivity contribution in [2.45, 2.75) is 47.1 Å². The van der Waals surface area contributed by atoms with Crippen LogP contribution in [0.1, 0.15) is 46.4 Å². The Morgan fingerprint density at radius 3 is 2.76 bits per heavy atom. The summed E-state index contributed by atoms with van der Waals surface area (Å²) in [5, 5.41) is 8.02. The third-order valence-corrected chi connectivity index (χ3v) is 4.50. The molecule has 5 nitrogen and oxygen atoms in total. The minimum absolute atomic E-state index is 0.00896. The zero-order valence-corrected chi connectivity index (χ0v) is 15.0. The number of aromatic nitrogens is 2. The molecule has 0 aliphatic carbocycles. The van der Waals surface area contributed by atoms with Crippen LogP contribution in [0.5, 0.6) is 0 Å². The van der Waals surface area contributed by atoms with E-state index in [2.05, 4.69) is 42.0 Å². The van der Waals surface area contributed by atoms with E-state index in [0.29, 0.717) is 13.2 Å². The van der Waals surface area contributed by atoms with E-state index in [1.165, 1.54) is 0 Å². The Hall–Kier alpha value is -1.04. The number of nitrogens with one attached hydrogen (secondary N) is 1. The highest BCUT2D eigenvalue weighted by atomic mass is 79.9. The smallest absolute Gasteiger partial charge is 0.312 e. The first kappa shape index (κ1) is 16.3. The molecule has 1 N–H and O–H groups in total. The summed E-state index contributed by atoms with van der Waals surface area (Å²) in [6.07, 6.45) is 0.881. The molecule has 2 unspecified atom stereocenters. The molecule has 0 saturated heterocycles. The molecule has 0 saturated carbocycles. The summed E-state index contributed by atoms with van der Waals surface area (Å²) in [4.78, 5) is 12.0. The van der Waals surface area contributed by atoms with Gasteiger partial charge in [-0.25, -0.2) is 4.68 Å². The topological polar surface area (TPSA) is 56.1 Å². The van der Waals surface area contributed by atoms with Gasteiger partial charge >= 0.3 is 5.97 Å². The van der Waals surface area contributed by atoms with Crippen LogP contribution in [0.3, 0.4) is 0 Å². The van der Waals surface area contributed by atoms with Gasteiger partial charge in [0.1, 0.15) is 5.82 Å². The maximum Gasteiger partial charge on any atom is 0.312 e. The van der Waals surface area contributed by atoms with Crippen molar-refractivity contribution in [1.82, 2.24) is 9.78 Å². The van der Waals surface area contributed by atoms with Crippen molar-refractivity contribution in [1.29, 1.82) is 0 Å². The number of hydrogen-bond donors (Lipinski definition) is 1. The van der Waals surface area contributed by atoms with E-state index in [0.717, 1.165) is 22.4 Å². The Bertz CT molecular complexity index is 534. The summed E-state index contributed by atoms with van der Waals surface area (Å²) in [6.45, 7) is 11.4. The molecule has 0 aromatic carbocycles. The molecule has 0 spiro atoms. The number of esters is 1. The number of nitrogens with zero attached hydrogens (tertiary/aromatic N) is 2. The molecular formula is C15H24BrN3O2. The maximum atomic E-state index is 12.0. The minimum Gasteiger partial charge on any atom is -0.466 e. The molecule has 0 fully saturated rings. The van der Waals surface area contributed by atoms with Crippen molar-refractivity contribution in [2.24, 2.45) is 11.3 Å². The second kappa shape index (κ2) is 5.99. The van der Waals surface area contributed by atoms with Crippen molar-refractivity contribution in [3.63, 3.8) is 0 Å². The Balaban J connectivity index is 2.27. The second-order valence-electron chi connectivity index (χ2n) is 6.77. The summed E-state index contributed by atoms with van der Waals surface area (Å²) < 4.78 is 8.07. The predicted octanol–water partition coefficient (Wildman–Crippen LogP) is 3.40. The molecule has 1 aliphatic heterocycles. The van der Waals surface area contributed by atoms with Gasteiger partial charge in [0, 0.05) is 6.54 Å². The number of rotatable bonds is 3. The Morgan fingerprint density at radius 2 is 2.19 bits per heavy atom. The van der Waals surface area contributed by atoms with Crippen LogP contribution in [0, 0.1) is 11.3 Å². The van der Waals surface area contributed by atoms with E-state index in [1.807, 2.05) is 18.5 Å². The van der Waals surface area contributed by atoms with E-state index >= 15 is 0 Å². The Kier molecular flexibility index (Phi) is 4.66. The van der Waals surface area contributed by atoms with Crippen LogP contribution in [-0.4, -0.2) is 28.9 Å². The quantitative estimate of drug-likeness (QED) is 0.842. The van der Waals surface area contributed by atoms with Crippen LogP contribution >= 0.6 is 15.9 Å². The van der Waals surface area contributed by atoms with E-state index in [1.54, 1.807) is 0 Å². The first-order valence-electron chi connectivity index (χ1n) is 7.42. The van der Waals surface area contributed by atoms with Crippen molar-refractivity contribution in [3.05, 3.63) is 10.2 Å². The fraction of sp³-hybridized carbons (Fsp3) is 0.733. The normalized spacial score (nSPS) is 21.6. The zero-order valence-electron chi connectivity index (χ0n) is 13.4. The van der Waals surface area contributed by atoms with Crippen molar-refractivity contribution < 1.29 is 9.53 Å². The summed E-state index contributed by atoms with van der Waals surface area (Å²) in [5.74, 6) is 0.598. The average molecular weight is 358 g/mol. The number of anilines is 1. The molecule has 2 atom stereocenters. The minimum atomic E-state index is -0.202. The fourth-order valence-electron chi connectivity index (χ4n) is 2.61. The molecule has 1 aromatic heterocycles. The lowest BCUT2D eigenvalue weighted by Crippen LogP contribution is -2.37. The number of halogens is 1. The van der Waals surface area contributed by atoms with E-state index < -0.39 is 0 Å². The molecule has 6 heteroatoms. The van der Waals surface area contributed by atoms with Crippen LogP contribution in [0.25, 0.3) is 0 Å². The van der Waals surface area contributed by atoms with Crippen LogP contribution in [0.4, 0.5) is 5.82 Å². The van der Waals surface area contributed by atoms with Crippen LogP contribution < -0.4 is 5.32 Å². The average Bonchev–Trinajstić information content (AvgIpc) is 2.66. The first-order valence-corrected chi connectivity index (χ1v) is 8.21. The summed E-state index contributed by atoms with van der Waals surface area (Å²) in [5.41, 5.74) is 1.19. The molecule has 118 valence electrons. The standard InChI is InChI=1S/C15H24BrN3O2/c1-6-21-14(20)10-8-17-13-12(16)11(7-15(3,4)5)18-19(13)9(10)2/h9-10,17H,6-8H2,1-5H3. The predicted molar refractivity (Wildman–Crippen MR) is 86.4 cm³/mol. The van der Waals surface area contributed by atoms with Gasteiger partial charge in [0.05, 0.1) is 28.7 Å². The van der Waals surface area contributed by atoms with Gasteiger partial charge in [-0.1, -0.05) is 20.8 Å². The van der Waals surface area contributed by atoms with Crippen LogP contribution in [-0.2, 0) is 16.0 Å². The highest BCUT2D eigenvalue weighted by Crippen LogP contribution is 2.37. The van der Waals surface area contributed by atoms with Gasteiger partial charge in [0.2, 0.25) is 0 Å². The van der Waals surface area contributed by atoms with Gasteiger partial charge in [-0.05, 0) is 41.6 Å². The first-order chi connectivity index (χ1) is 9.74. The third-order valence-electron chi connectivity index (χ3n) is 3.66. The number of carbonyl (C=O) groups is 1. The molecule has 0 radical (unpaired) electrons. The molecule has 2 rings (SSSR count). The molecule has 0 amide bonds. The van der Waals surface area contributed by atoms with Gasteiger partial charge in [-0.15, -0.1) is 0 Å². The number of hydrogen-bond acceptors (Lipinski definition) is 4. The third kappa shape index (κ3) is 3.42. The molecule has 0 bridgehead atoms. The van der Waals surface area contributed by atoms with Crippen LogP contribution in [0.15, 0.2) is 4.47 Å². The monoisotopic (exact) mass is 357 g/mol. The van der Waals surface area contributed by atoms with Crippen molar-refractivity contribution >= 4 is 27.7 Å². The summed E-state index contributed by atoms with van der Waals surface area (Å²) in [6, 6.07) is -0.00896. The van der Waals surface area contributed by atoms with Gasteiger partial charge in [-0.2, -0.15) is 5.10 Å². The lowest BCUT2D eigenvalue weighted by atomic mass is 9.91. The van der Waals surface area contributed by atoms with Crippen LogP contribution in [0.2, 0.25) is 0 Å². The summed E-state index contributed by atoms with van der Waals surface area (Å²) >= 11 is 3.64. The van der Waals surface area contributed by atoms with E-state index in [4.69, 9.17) is 9.84 Å². The highest BCUT2D eigenvalue weighted by Gasteiger charge is 2.35. The molecule has 2 heterocycles. The molecule has 21 heavy (non-hydrogen) atoms. The van der Waals surface area contributed by atoms with E-state index in [-0.39, 0.29) is 23.3 Å².